The highest BCUT2D eigenvalue weighted by atomic mass is 16.5. The topological polar surface area (TPSA) is 84.9 Å². The summed E-state index contributed by atoms with van der Waals surface area (Å²) in [4.78, 5) is 39.8. The van der Waals surface area contributed by atoms with Crippen LogP contribution < -0.4 is 19.7 Å². The number of ether oxygens (including phenoxy) is 2. The molecule has 1 aliphatic rings. The van der Waals surface area contributed by atoms with Crippen molar-refractivity contribution in [2.75, 3.05) is 12.0 Å². The second kappa shape index (κ2) is 10.1. The van der Waals surface area contributed by atoms with Gasteiger partial charge in [0.2, 0.25) is 0 Å². The molecule has 1 aliphatic heterocycles. The highest BCUT2D eigenvalue weighted by Gasteiger charge is 2.37. The van der Waals surface area contributed by atoms with Crippen molar-refractivity contribution in [2.45, 2.75) is 34.3 Å². The second-order valence-electron chi connectivity index (χ2n) is 8.87. The Bertz CT molecular complexity index is 1390. The van der Waals surface area contributed by atoms with Crippen LogP contribution >= 0.6 is 0 Å². The van der Waals surface area contributed by atoms with Crippen molar-refractivity contribution in [1.82, 2.24) is 5.32 Å². The molecule has 0 atom stereocenters. The molecular weight excluding hydrogens is 456 g/mol. The molecule has 0 radical (unpaired) electrons. The summed E-state index contributed by atoms with van der Waals surface area (Å²) in [6.07, 6.45) is 1.44. The van der Waals surface area contributed by atoms with Crippen LogP contribution in [0.25, 0.3) is 6.08 Å². The van der Waals surface area contributed by atoms with E-state index in [2.05, 4.69) is 11.4 Å². The standard InChI is InChI=1S/C29H28N2O5/c1-17-11-18(2)13-21(12-17)16-36-26-15-23(35-5)10-9-22(26)14-24-27(32)30-29(34)31(28(24)33)25-8-6-7-19(3)20(25)4/h6-15H,16H2,1-5H3,(H,30,32,34)/b24-14+. The van der Waals surface area contributed by atoms with E-state index < -0.39 is 17.8 Å². The van der Waals surface area contributed by atoms with Gasteiger partial charge in [0.05, 0.1) is 12.8 Å². The Morgan fingerprint density at radius 2 is 1.64 bits per heavy atom. The average molecular weight is 485 g/mol. The number of methoxy groups -OCH3 is 1. The molecule has 0 saturated carbocycles. The summed E-state index contributed by atoms with van der Waals surface area (Å²) in [5.74, 6) is -0.452. The smallest absolute Gasteiger partial charge is 0.335 e. The zero-order valence-electron chi connectivity index (χ0n) is 21.0. The molecule has 3 aromatic rings. The van der Waals surface area contributed by atoms with Gasteiger partial charge < -0.3 is 9.47 Å². The van der Waals surface area contributed by atoms with E-state index in [0.717, 1.165) is 32.7 Å². The Kier molecular flexibility index (Phi) is 6.92. The largest absolute Gasteiger partial charge is 0.497 e. The van der Waals surface area contributed by atoms with Crippen molar-refractivity contribution in [3.05, 3.63) is 93.6 Å². The fourth-order valence-electron chi connectivity index (χ4n) is 4.21. The van der Waals surface area contributed by atoms with E-state index in [0.29, 0.717) is 29.4 Å². The van der Waals surface area contributed by atoms with Gasteiger partial charge in [0.1, 0.15) is 23.7 Å². The van der Waals surface area contributed by atoms with Crippen molar-refractivity contribution in [3.63, 3.8) is 0 Å². The summed E-state index contributed by atoms with van der Waals surface area (Å²) >= 11 is 0. The van der Waals surface area contributed by atoms with Gasteiger partial charge in [-0.25, -0.2) is 9.69 Å². The van der Waals surface area contributed by atoms with Crippen LogP contribution in [0, 0.1) is 27.7 Å². The number of carbonyl (C=O) groups is 3. The first kappa shape index (κ1) is 24.7. The van der Waals surface area contributed by atoms with E-state index in [4.69, 9.17) is 9.47 Å². The summed E-state index contributed by atoms with van der Waals surface area (Å²) in [6.45, 7) is 8.05. The number of barbiturate groups is 1. The Hall–Kier alpha value is -4.39. The van der Waals surface area contributed by atoms with Crippen molar-refractivity contribution in [1.29, 1.82) is 0 Å². The highest BCUT2D eigenvalue weighted by Crippen LogP contribution is 2.31. The van der Waals surface area contributed by atoms with Crippen molar-refractivity contribution >= 4 is 29.6 Å². The predicted octanol–water partition coefficient (Wildman–Crippen LogP) is 5.17. The number of benzene rings is 3. The van der Waals surface area contributed by atoms with Gasteiger partial charge in [0.15, 0.2) is 0 Å². The SMILES string of the molecule is COc1ccc(/C=C2\C(=O)NC(=O)N(c3cccc(C)c3C)C2=O)c(OCc2cc(C)cc(C)c2)c1. The van der Waals surface area contributed by atoms with Crippen LogP contribution in [-0.4, -0.2) is 25.0 Å². The summed E-state index contributed by atoms with van der Waals surface area (Å²) in [5, 5.41) is 2.28. The summed E-state index contributed by atoms with van der Waals surface area (Å²) in [7, 11) is 1.55. The molecule has 184 valence electrons. The monoisotopic (exact) mass is 484 g/mol. The molecule has 1 heterocycles. The van der Waals surface area contributed by atoms with Gasteiger partial charge in [-0.05, 0) is 68.7 Å². The number of imide groups is 2. The third-order valence-electron chi connectivity index (χ3n) is 6.12. The van der Waals surface area contributed by atoms with Crippen LogP contribution in [0.5, 0.6) is 11.5 Å². The lowest BCUT2D eigenvalue weighted by Crippen LogP contribution is -2.54. The average Bonchev–Trinajstić information content (AvgIpc) is 2.82. The van der Waals surface area contributed by atoms with Gasteiger partial charge in [-0.2, -0.15) is 0 Å². The zero-order valence-corrected chi connectivity index (χ0v) is 21.0. The third-order valence-corrected chi connectivity index (χ3v) is 6.12. The van der Waals surface area contributed by atoms with Crippen LogP contribution in [0.2, 0.25) is 0 Å². The number of hydrogen-bond acceptors (Lipinski definition) is 5. The van der Waals surface area contributed by atoms with Gasteiger partial charge in [0, 0.05) is 11.6 Å². The molecule has 1 fully saturated rings. The normalized spacial score (nSPS) is 14.8. The molecule has 1 saturated heterocycles. The van der Waals surface area contributed by atoms with E-state index in [1.807, 2.05) is 45.9 Å². The zero-order chi connectivity index (χ0) is 26.0. The quantitative estimate of drug-likeness (QED) is 0.385. The number of nitrogens with one attached hydrogen (secondary N) is 1. The van der Waals surface area contributed by atoms with E-state index in [1.54, 1.807) is 37.4 Å². The fraction of sp³-hybridized carbons (Fsp3) is 0.207. The molecule has 3 aromatic carbocycles. The van der Waals surface area contributed by atoms with Gasteiger partial charge in [-0.15, -0.1) is 0 Å². The fourth-order valence-corrected chi connectivity index (χ4v) is 4.21. The van der Waals surface area contributed by atoms with Crippen molar-refractivity contribution < 1.29 is 23.9 Å². The van der Waals surface area contributed by atoms with Crippen molar-refractivity contribution in [2.24, 2.45) is 0 Å². The number of carbonyl (C=O) groups excluding carboxylic acids is 3. The Balaban J connectivity index is 1.71. The lowest BCUT2D eigenvalue weighted by Gasteiger charge is -2.28. The molecule has 36 heavy (non-hydrogen) atoms. The maximum atomic E-state index is 13.4. The minimum atomic E-state index is -0.781. The number of rotatable bonds is 6. The third kappa shape index (κ3) is 5.00. The van der Waals surface area contributed by atoms with Crippen LogP contribution in [0.3, 0.4) is 0 Å². The first-order valence-corrected chi connectivity index (χ1v) is 11.5. The molecule has 7 heteroatoms. The molecule has 7 nitrogen and oxygen atoms in total. The molecule has 0 aliphatic carbocycles. The predicted molar refractivity (Wildman–Crippen MR) is 138 cm³/mol. The van der Waals surface area contributed by atoms with E-state index in [9.17, 15) is 14.4 Å². The number of hydrogen-bond donors (Lipinski definition) is 1. The van der Waals surface area contributed by atoms with Crippen LogP contribution in [0.4, 0.5) is 10.5 Å². The van der Waals surface area contributed by atoms with Crippen LogP contribution in [0.15, 0.2) is 60.2 Å². The Morgan fingerprint density at radius 3 is 2.33 bits per heavy atom. The van der Waals surface area contributed by atoms with E-state index in [1.165, 1.54) is 6.08 Å². The first-order chi connectivity index (χ1) is 17.2. The first-order valence-electron chi connectivity index (χ1n) is 11.5. The summed E-state index contributed by atoms with van der Waals surface area (Å²) in [6, 6.07) is 15.8. The van der Waals surface area contributed by atoms with Gasteiger partial charge in [0.25, 0.3) is 11.8 Å². The van der Waals surface area contributed by atoms with Crippen LogP contribution in [-0.2, 0) is 16.2 Å². The van der Waals surface area contributed by atoms with E-state index >= 15 is 0 Å². The highest BCUT2D eigenvalue weighted by molar-refractivity contribution is 6.39. The van der Waals surface area contributed by atoms with Crippen molar-refractivity contribution in [3.8, 4) is 11.5 Å². The number of urea groups is 1. The molecule has 0 unspecified atom stereocenters. The Morgan fingerprint density at radius 1 is 0.917 bits per heavy atom. The second-order valence-corrected chi connectivity index (χ2v) is 8.87. The molecule has 0 aromatic heterocycles. The Labute approximate surface area is 210 Å². The number of anilines is 1. The summed E-state index contributed by atoms with van der Waals surface area (Å²) in [5.41, 5.74) is 5.71. The molecule has 0 spiro atoms. The molecular formula is C29H28N2O5. The maximum Gasteiger partial charge on any atom is 0.335 e. The summed E-state index contributed by atoms with van der Waals surface area (Å²) < 4.78 is 11.5. The molecule has 4 amide bonds. The number of amides is 4. The number of nitrogens with zero attached hydrogens (tertiary/aromatic N) is 1. The molecule has 1 N–H and O–H groups in total. The minimum absolute atomic E-state index is 0.170. The van der Waals surface area contributed by atoms with Gasteiger partial charge in [-0.3, -0.25) is 14.9 Å². The number of aryl methyl sites for hydroxylation is 3. The van der Waals surface area contributed by atoms with Gasteiger partial charge in [-0.1, -0.05) is 41.5 Å². The maximum absolute atomic E-state index is 13.4. The molecule has 4 rings (SSSR count). The molecule has 0 bridgehead atoms. The van der Waals surface area contributed by atoms with Crippen LogP contribution in [0.1, 0.15) is 33.4 Å². The lowest BCUT2D eigenvalue weighted by molar-refractivity contribution is -0.122. The van der Waals surface area contributed by atoms with Gasteiger partial charge >= 0.3 is 6.03 Å². The van der Waals surface area contributed by atoms with E-state index in [-0.39, 0.29) is 5.57 Å². The lowest BCUT2D eigenvalue weighted by atomic mass is 10.0. The minimum Gasteiger partial charge on any atom is -0.497 e.